The number of thioether (sulfide) groups is 1. The van der Waals surface area contributed by atoms with Crippen molar-refractivity contribution in [1.29, 1.82) is 0 Å². The van der Waals surface area contributed by atoms with Crippen molar-refractivity contribution in [2.75, 3.05) is 11.9 Å². The molecule has 1 aromatic heterocycles. The van der Waals surface area contributed by atoms with E-state index in [0.717, 1.165) is 4.88 Å². The van der Waals surface area contributed by atoms with E-state index in [1.54, 1.807) is 23.5 Å². The zero-order chi connectivity index (χ0) is 20.1. The van der Waals surface area contributed by atoms with Crippen LogP contribution in [-0.2, 0) is 16.0 Å². The topological polar surface area (TPSA) is 86.7 Å². The molecule has 1 fully saturated rings. The van der Waals surface area contributed by atoms with Gasteiger partial charge in [0.15, 0.2) is 0 Å². The third kappa shape index (κ3) is 5.06. The average Bonchev–Trinajstić information content (AvgIpc) is 3.27. The van der Waals surface area contributed by atoms with Crippen LogP contribution in [0, 0.1) is 0 Å². The second-order valence-corrected chi connectivity index (χ2v) is 8.57. The van der Waals surface area contributed by atoms with E-state index >= 15 is 0 Å². The van der Waals surface area contributed by atoms with Crippen molar-refractivity contribution in [2.24, 2.45) is 0 Å². The quantitative estimate of drug-likeness (QED) is 0.512. The molecule has 2 aromatic rings. The maximum atomic E-state index is 12.5. The zero-order valence-corrected chi connectivity index (χ0v) is 17.0. The van der Waals surface area contributed by atoms with Gasteiger partial charge in [-0.2, -0.15) is 0 Å². The van der Waals surface area contributed by atoms with Crippen LogP contribution in [0.1, 0.15) is 21.7 Å². The maximum Gasteiger partial charge on any atom is 0.335 e. The highest BCUT2D eigenvalue weighted by molar-refractivity contribution is 8.26. The summed E-state index contributed by atoms with van der Waals surface area (Å²) < 4.78 is 0.433. The zero-order valence-electron chi connectivity index (χ0n) is 14.6. The first-order valence-electron chi connectivity index (χ1n) is 8.33. The number of thiocarbonyl (C=S) groups is 1. The summed E-state index contributed by atoms with van der Waals surface area (Å²) in [5.74, 6) is -1.57. The number of carboxylic acids is 1. The first kappa shape index (κ1) is 20.2. The highest BCUT2D eigenvalue weighted by Gasteiger charge is 2.31. The minimum Gasteiger partial charge on any atom is -0.478 e. The highest BCUT2D eigenvalue weighted by Crippen LogP contribution is 2.31. The minimum absolute atomic E-state index is 0.0575. The number of allylic oxidation sites excluding steroid dienone is 1. The van der Waals surface area contributed by atoms with Gasteiger partial charge < -0.3 is 10.4 Å². The Bertz CT molecular complexity index is 954. The number of anilines is 1. The Morgan fingerprint density at radius 3 is 2.79 bits per heavy atom. The lowest BCUT2D eigenvalue weighted by Gasteiger charge is -2.14. The molecule has 0 bridgehead atoms. The van der Waals surface area contributed by atoms with Crippen molar-refractivity contribution in [3.05, 3.63) is 63.2 Å². The predicted molar refractivity (Wildman–Crippen MR) is 115 cm³/mol. The van der Waals surface area contributed by atoms with Gasteiger partial charge in [0.1, 0.15) is 4.32 Å². The van der Waals surface area contributed by atoms with Crippen LogP contribution in [0.2, 0.25) is 0 Å². The molecule has 1 aliphatic rings. The van der Waals surface area contributed by atoms with Crippen LogP contribution in [0.25, 0.3) is 0 Å². The van der Waals surface area contributed by atoms with Crippen LogP contribution < -0.4 is 5.32 Å². The van der Waals surface area contributed by atoms with Crippen LogP contribution in [0.4, 0.5) is 5.69 Å². The molecule has 3 rings (SSSR count). The van der Waals surface area contributed by atoms with Gasteiger partial charge in [0.25, 0.3) is 5.91 Å². The van der Waals surface area contributed by atoms with Crippen molar-refractivity contribution < 1.29 is 19.5 Å². The first-order valence-corrected chi connectivity index (χ1v) is 10.4. The molecule has 0 unspecified atom stereocenters. The van der Waals surface area contributed by atoms with Gasteiger partial charge in [-0.15, -0.1) is 11.3 Å². The first-order chi connectivity index (χ1) is 13.4. The summed E-state index contributed by atoms with van der Waals surface area (Å²) in [5.41, 5.74) is 0.483. The van der Waals surface area contributed by atoms with Gasteiger partial charge in [-0.05, 0) is 29.6 Å². The second kappa shape index (κ2) is 9.13. The van der Waals surface area contributed by atoms with Gasteiger partial charge in [0, 0.05) is 30.0 Å². The number of nitrogens with zero attached hydrogens (tertiary/aromatic N) is 1. The van der Waals surface area contributed by atoms with E-state index in [0.29, 0.717) is 21.3 Å². The molecule has 144 valence electrons. The lowest BCUT2D eigenvalue weighted by molar-refractivity contribution is -0.122. The summed E-state index contributed by atoms with van der Waals surface area (Å²) in [4.78, 5) is 38.8. The van der Waals surface area contributed by atoms with Crippen LogP contribution in [0.5, 0.6) is 0 Å². The monoisotopic (exact) mass is 432 g/mol. The fourth-order valence-corrected chi connectivity index (χ4v) is 4.47. The average molecular weight is 433 g/mol. The van der Waals surface area contributed by atoms with Crippen LogP contribution >= 0.6 is 35.3 Å². The fraction of sp³-hybridized carbons (Fsp3) is 0.158. The summed E-state index contributed by atoms with van der Waals surface area (Å²) >= 11 is 8.14. The summed E-state index contributed by atoms with van der Waals surface area (Å²) in [6.45, 7) is 0.172. The SMILES string of the molecule is O=C(CCN1C(=O)/C(=C/Cc2cccs2)SC1=S)Nc1cccc(C(=O)O)c1. The molecule has 2 amide bonds. The van der Waals surface area contributed by atoms with E-state index in [9.17, 15) is 14.4 Å². The molecule has 28 heavy (non-hydrogen) atoms. The number of benzene rings is 1. The number of thiophene rings is 1. The van der Waals surface area contributed by atoms with Crippen molar-refractivity contribution in [2.45, 2.75) is 12.8 Å². The molecular formula is C19H16N2O4S3. The third-order valence-electron chi connectivity index (χ3n) is 3.90. The van der Waals surface area contributed by atoms with Crippen molar-refractivity contribution in [3.63, 3.8) is 0 Å². The van der Waals surface area contributed by atoms with E-state index in [2.05, 4.69) is 5.32 Å². The second-order valence-electron chi connectivity index (χ2n) is 5.86. The Labute approximate surface area is 175 Å². The lowest BCUT2D eigenvalue weighted by atomic mass is 10.2. The van der Waals surface area contributed by atoms with Gasteiger partial charge in [0.2, 0.25) is 5.91 Å². The summed E-state index contributed by atoms with van der Waals surface area (Å²) in [5, 5.41) is 13.6. The Morgan fingerprint density at radius 2 is 2.07 bits per heavy atom. The van der Waals surface area contributed by atoms with Gasteiger partial charge >= 0.3 is 5.97 Å². The molecule has 1 aromatic carbocycles. The summed E-state index contributed by atoms with van der Waals surface area (Å²) in [6, 6.07) is 9.96. The van der Waals surface area contributed by atoms with E-state index in [-0.39, 0.29) is 30.3 Å². The van der Waals surface area contributed by atoms with Crippen molar-refractivity contribution in [3.8, 4) is 0 Å². The van der Waals surface area contributed by atoms with Gasteiger partial charge in [-0.1, -0.05) is 42.2 Å². The maximum absolute atomic E-state index is 12.5. The van der Waals surface area contributed by atoms with Gasteiger partial charge in [0.05, 0.1) is 10.5 Å². The summed E-state index contributed by atoms with van der Waals surface area (Å²) in [6.07, 6.45) is 2.59. The number of amides is 2. The number of carbonyl (C=O) groups excluding carboxylic acids is 2. The molecule has 1 saturated heterocycles. The normalized spacial score (nSPS) is 15.3. The molecule has 6 nitrogen and oxygen atoms in total. The number of carbonyl (C=O) groups is 3. The molecule has 2 heterocycles. The van der Waals surface area contributed by atoms with Crippen molar-refractivity contribution in [1.82, 2.24) is 4.90 Å². The van der Waals surface area contributed by atoms with Crippen molar-refractivity contribution >= 4 is 63.1 Å². The molecule has 0 saturated carbocycles. The summed E-state index contributed by atoms with van der Waals surface area (Å²) in [7, 11) is 0. The fourth-order valence-electron chi connectivity index (χ4n) is 2.52. The Balaban J connectivity index is 1.55. The Kier molecular flexibility index (Phi) is 6.61. The standard InChI is InChI=1S/C19H16N2O4S3/c22-16(20-13-4-1-3-12(11-13)18(24)25)8-9-21-17(23)15(28-19(21)26)7-6-14-5-2-10-27-14/h1-5,7,10-11H,6,8-9H2,(H,20,22)(H,24,25)/b15-7-. The van der Waals surface area contributed by atoms with E-state index in [1.165, 1.54) is 28.8 Å². The number of nitrogens with one attached hydrogen (secondary N) is 1. The minimum atomic E-state index is -1.07. The largest absolute Gasteiger partial charge is 0.478 e. The van der Waals surface area contributed by atoms with Crippen LogP contribution in [0.15, 0.2) is 52.8 Å². The molecule has 0 radical (unpaired) electrons. The number of rotatable bonds is 7. The third-order valence-corrected chi connectivity index (χ3v) is 6.22. The molecule has 0 aliphatic carbocycles. The van der Waals surface area contributed by atoms with E-state index < -0.39 is 5.97 Å². The molecular weight excluding hydrogens is 416 g/mol. The molecule has 2 N–H and O–H groups in total. The highest BCUT2D eigenvalue weighted by atomic mass is 32.2. The smallest absolute Gasteiger partial charge is 0.335 e. The molecule has 0 spiro atoms. The van der Waals surface area contributed by atoms with Crippen LogP contribution in [0.3, 0.4) is 0 Å². The number of hydrogen-bond acceptors (Lipinski definition) is 6. The van der Waals surface area contributed by atoms with Gasteiger partial charge in [-0.25, -0.2) is 4.79 Å². The Morgan fingerprint density at radius 1 is 1.25 bits per heavy atom. The van der Waals surface area contributed by atoms with E-state index in [1.807, 2.05) is 23.6 Å². The lowest BCUT2D eigenvalue weighted by Crippen LogP contribution is -2.31. The molecule has 9 heteroatoms. The number of aromatic carboxylic acids is 1. The van der Waals surface area contributed by atoms with Gasteiger partial charge in [-0.3, -0.25) is 14.5 Å². The predicted octanol–water partition coefficient (Wildman–Crippen LogP) is 3.76. The number of carboxylic acid groups (broad SMARTS) is 1. The van der Waals surface area contributed by atoms with E-state index in [4.69, 9.17) is 17.3 Å². The number of hydrogen-bond donors (Lipinski definition) is 2. The Hall–Kier alpha value is -2.49. The molecule has 1 aliphatic heterocycles. The van der Waals surface area contributed by atoms with Crippen LogP contribution in [-0.4, -0.2) is 38.7 Å². The molecule has 0 atom stereocenters.